The molecule has 3 aromatic rings. The number of nitrogens with one attached hydrogen (secondary N) is 1. The molecule has 0 aliphatic carbocycles. The van der Waals surface area contributed by atoms with Crippen LogP contribution in [0.4, 0.5) is 10.3 Å². The minimum atomic E-state index is -0.354. The third kappa shape index (κ3) is 3.73. The Hall–Kier alpha value is -3.04. The van der Waals surface area contributed by atoms with E-state index in [1.54, 1.807) is 43.3 Å². The predicted molar refractivity (Wildman–Crippen MR) is 111 cm³/mol. The molecule has 1 N–H and O–H groups in total. The van der Waals surface area contributed by atoms with Crippen LogP contribution in [0.3, 0.4) is 0 Å². The monoisotopic (exact) mass is 413 g/mol. The van der Waals surface area contributed by atoms with Crippen molar-refractivity contribution in [2.24, 2.45) is 0 Å². The van der Waals surface area contributed by atoms with Gasteiger partial charge in [-0.25, -0.2) is 19.0 Å². The van der Waals surface area contributed by atoms with Crippen molar-refractivity contribution in [3.05, 3.63) is 52.7 Å². The predicted octanol–water partition coefficient (Wildman–Crippen LogP) is 2.39. The fourth-order valence-corrected chi connectivity index (χ4v) is 3.76. The Morgan fingerprint density at radius 2 is 1.93 bits per heavy atom. The van der Waals surface area contributed by atoms with Crippen molar-refractivity contribution in [2.75, 3.05) is 26.1 Å². The van der Waals surface area contributed by atoms with Crippen molar-refractivity contribution in [1.29, 1.82) is 0 Å². The lowest BCUT2D eigenvalue weighted by molar-refractivity contribution is 0.0994. The highest BCUT2D eigenvalue weighted by Crippen LogP contribution is 2.32. The van der Waals surface area contributed by atoms with Gasteiger partial charge in [0, 0.05) is 26.5 Å². The van der Waals surface area contributed by atoms with Gasteiger partial charge in [-0.2, -0.15) is 0 Å². The maximum absolute atomic E-state index is 13.5. The van der Waals surface area contributed by atoms with Gasteiger partial charge >= 0.3 is 0 Å². The van der Waals surface area contributed by atoms with Gasteiger partial charge in [0.05, 0.1) is 42.8 Å². The first kappa shape index (κ1) is 20.2. The molecule has 0 amide bonds. The molecule has 0 saturated heterocycles. The summed E-state index contributed by atoms with van der Waals surface area (Å²) in [5, 5.41) is 3.20. The summed E-state index contributed by atoms with van der Waals surface area (Å²) in [7, 11) is 3.26. The van der Waals surface area contributed by atoms with Gasteiger partial charge in [0.1, 0.15) is 5.82 Å². The largest absolute Gasteiger partial charge is 0.383 e. The lowest BCUT2D eigenvalue weighted by Gasteiger charge is -2.14. The highest BCUT2D eigenvalue weighted by Gasteiger charge is 2.31. The number of hydrogen-bond acceptors (Lipinski definition) is 6. The van der Waals surface area contributed by atoms with E-state index in [1.165, 1.54) is 12.1 Å². The molecular formula is C21H24FN5O3. The van der Waals surface area contributed by atoms with Crippen LogP contribution in [0.2, 0.25) is 0 Å². The Balaban J connectivity index is 1.84. The summed E-state index contributed by atoms with van der Waals surface area (Å²) in [6.45, 7) is 3.44. The van der Waals surface area contributed by atoms with E-state index < -0.39 is 0 Å². The molecule has 4 rings (SSSR count). The van der Waals surface area contributed by atoms with Crippen LogP contribution in [-0.4, -0.2) is 52.3 Å². The molecule has 3 heterocycles. The van der Waals surface area contributed by atoms with E-state index in [1.807, 2.05) is 11.6 Å². The number of halogens is 1. The van der Waals surface area contributed by atoms with Crippen LogP contribution in [0.5, 0.6) is 0 Å². The molecule has 0 radical (unpaired) electrons. The summed E-state index contributed by atoms with van der Waals surface area (Å²) >= 11 is 0. The number of anilines is 1. The van der Waals surface area contributed by atoms with Crippen LogP contribution in [0.15, 0.2) is 41.3 Å². The summed E-state index contributed by atoms with van der Waals surface area (Å²) in [5.41, 5.74) is 2.23. The van der Waals surface area contributed by atoms with Crippen LogP contribution >= 0.6 is 0 Å². The smallest absolute Gasteiger partial charge is 0.275 e. The standard InChI is InChI=1S/C21H24FN5O3/c1-13(12-29-2)24-21-23-9-8-17(25-21)19-18(14-4-6-15(22)7-5-14)20(28)27-11-16(30-3)10-26(19)27/h4-9,13,16H,10-12H2,1-3H3,(H,23,24,25)/t13-,16?/m1/s1. The molecule has 158 valence electrons. The van der Waals surface area contributed by atoms with Gasteiger partial charge in [-0.15, -0.1) is 0 Å². The first-order chi connectivity index (χ1) is 14.5. The van der Waals surface area contributed by atoms with Crippen LogP contribution in [-0.2, 0) is 22.6 Å². The number of rotatable bonds is 7. The fraction of sp³-hybridized carbons (Fsp3) is 0.381. The quantitative estimate of drug-likeness (QED) is 0.640. The summed E-state index contributed by atoms with van der Waals surface area (Å²) in [5.74, 6) is 0.0867. The summed E-state index contributed by atoms with van der Waals surface area (Å²) in [4.78, 5) is 22.2. The normalized spacial score (nSPS) is 16.5. The van der Waals surface area contributed by atoms with Crippen molar-refractivity contribution < 1.29 is 13.9 Å². The van der Waals surface area contributed by atoms with Gasteiger partial charge in [-0.3, -0.25) is 9.48 Å². The zero-order valence-corrected chi connectivity index (χ0v) is 17.1. The third-order valence-electron chi connectivity index (χ3n) is 5.14. The van der Waals surface area contributed by atoms with E-state index in [-0.39, 0.29) is 23.5 Å². The SMILES string of the molecule is COC[C@@H](C)Nc1nccc(-c2c(-c3ccc(F)cc3)c(=O)n3n2CC(OC)C3)n1. The van der Waals surface area contributed by atoms with Gasteiger partial charge in [0.2, 0.25) is 5.95 Å². The van der Waals surface area contributed by atoms with Crippen LogP contribution in [0.1, 0.15) is 6.92 Å². The number of benzene rings is 1. The highest BCUT2D eigenvalue weighted by atomic mass is 19.1. The zero-order chi connectivity index (χ0) is 21.3. The summed E-state index contributed by atoms with van der Waals surface area (Å²) in [6.07, 6.45) is 1.55. The molecule has 1 aliphatic heterocycles. The molecular weight excluding hydrogens is 389 g/mol. The van der Waals surface area contributed by atoms with Gasteiger partial charge in [-0.05, 0) is 30.7 Å². The Labute approximate surface area is 173 Å². The van der Waals surface area contributed by atoms with Crippen molar-refractivity contribution in [3.8, 4) is 22.5 Å². The van der Waals surface area contributed by atoms with E-state index in [9.17, 15) is 9.18 Å². The van der Waals surface area contributed by atoms with E-state index in [4.69, 9.17) is 9.47 Å². The van der Waals surface area contributed by atoms with Crippen molar-refractivity contribution in [3.63, 3.8) is 0 Å². The van der Waals surface area contributed by atoms with Gasteiger partial charge in [0.15, 0.2) is 0 Å². The zero-order valence-electron chi connectivity index (χ0n) is 17.1. The minimum absolute atomic E-state index is 0.0159. The number of hydrogen-bond donors (Lipinski definition) is 1. The number of aromatic nitrogens is 4. The second-order valence-corrected chi connectivity index (χ2v) is 7.32. The van der Waals surface area contributed by atoms with Gasteiger partial charge in [-0.1, -0.05) is 12.1 Å². The maximum atomic E-state index is 13.5. The summed E-state index contributed by atoms with van der Waals surface area (Å²) in [6, 6.07) is 7.71. The molecule has 30 heavy (non-hydrogen) atoms. The Morgan fingerprint density at radius 3 is 2.63 bits per heavy atom. The molecule has 9 heteroatoms. The molecule has 8 nitrogen and oxygen atoms in total. The molecule has 2 aromatic heterocycles. The van der Waals surface area contributed by atoms with Crippen LogP contribution in [0, 0.1) is 5.82 Å². The fourth-order valence-electron chi connectivity index (χ4n) is 3.76. The van der Waals surface area contributed by atoms with Crippen molar-refractivity contribution in [1.82, 2.24) is 19.3 Å². The lowest BCUT2D eigenvalue weighted by atomic mass is 10.0. The molecule has 0 fully saturated rings. The Kier molecular flexibility index (Phi) is 5.65. The average molecular weight is 413 g/mol. The van der Waals surface area contributed by atoms with Crippen LogP contribution < -0.4 is 10.9 Å². The first-order valence-electron chi connectivity index (χ1n) is 9.73. The first-order valence-corrected chi connectivity index (χ1v) is 9.73. The van der Waals surface area contributed by atoms with Gasteiger partial charge in [0.25, 0.3) is 5.56 Å². The van der Waals surface area contributed by atoms with Gasteiger partial charge < -0.3 is 14.8 Å². The van der Waals surface area contributed by atoms with Crippen molar-refractivity contribution >= 4 is 5.95 Å². The molecule has 0 saturated carbocycles. The summed E-state index contributed by atoms with van der Waals surface area (Å²) < 4.78 is 27.7. The molecule has 1 unspecified atom stereocenters. The molecule has 1 aromatic carbocycles. The minimum Gasteiger partial charge on any atom is -0.383 e. The number of methoxy groups -OCH3 is 2. The topological polar surface area (TPSA) is 83.2 Å². The second kappa shape index (κ2) is 8.37. The van der Waals surface area contributed by atoms with E-state index in [2.05, 4.69) is 15.3 Å². The highest BCUT2D eigenvalue weighted by molar-refractivity contribution is 5.79. The number of nitrogens with zero attached hydrogens (tertiary/aromatic N) is 4. The Morgan fingerprint density at radius 1 is 1.20 bits per heavy atom. The van der Waals surface area contributed by atoms with E-state index in [0.717, 1.165) is 0 Å². The van der Waals surface area contributed by atoms with Crippen LogP contribution in [0.25, 0.3) is 22.5 Å². The molecule has 0 spiro atoms. The lowest BCUT2D eigenvalue weighted by Crippen LogP contribution is -2.22. The number of ether oxygens (including phenoxy) is 2. The van der Waals surface area contributed by atoms with E-state index >= 15 is 0 Å². The third-order valence-corrected chi connectivity index (χ3v) is 5.14. The number of fused-ring (bicyclic) bond motifs is 1. The second-order valence-electron chi connectivity index (χ2n) is 7.32. The van der Waals surface area contributed by atoms with E-state index in [0.29, 0.717) is 48.2 Å². The Bertz CT molecular complexity index is 1090. The molecule has 0 bridgehead atoms. The molecule has 2 atom stereocenters. The maximum Gasteiger partial charge on any atom is 0.275 e. The van der Waals surface area contributed by atoms with Crippen molar-refractivity contribution in [2.45, 2.75) is 32.2 Å². The molecule has 1 aliphatic rings. The average Bonchev–Trinajstić information content (AvgIpc) is 3.27.